The molecular formula is C26H27FN4O4. The Kier molecular flexibility index (Phi) is 6.48. The Balaban J connectivity index is 1.27. The van der Waals surface area contributed by atoms with Crippen molar-refractivity contribution in [3.05, 3.63) is 64.2 Å². The van der Waals surface area contributed by atoms with Gasteiger partial charge in [-0.2, -0.15) is 0 Å². The van der Waals surface area contributed by atoms with E-state index in [1.165, 1.54) is 31.0 Å². The predicted molar refractivity (Wildman–Crippen MR) is 128 cm³/mol. The van der Waals surface area contributed by atoms with Gasteiger partial charge in [0.05, 0.1) is 16.3 Å². The molecule has 0 radical (unpaired) electrons. The number of benzene rings is 2. The van der Waals surface area contributed by atoms with E-state index in [2.05, 4.69) is 10.2 Å². The predicted octanol–water partition coefficient (Wildman–Crippen LogP) is 3.72. The van der Waals surface area contributed by atoms with Gasteiger partial charge in [-0.3, -0.25) is 14.4 Å². The van der Waals surface area contributed by atoms with E-state index in [0.29, 0.717) is 49.3 Å². The summed E-state index contributed by atoms with van der Waals surface area (Å²) in [5.74, 6) is -0.0970. The smallest absolute Gasteiger partial charge is 0.272 e. The van der Waals surface area contributed by atoms with Gasteiger partial charge in [0.1, 0.15) is 11.6 Å². The number of halogens is 1. The molecular weight excluding hydrogens is 451 g/mol. The van der Waals surface area contributed by atoms with Crippen molar-refractivity contribution in [1.29, 1.82) is 0 Å². The first-order valence-electron chi connectivity index (χ1n) is 12.0. The number of fused-ring (bicyclic) bond motifs is 1. The molecule has 1 saturated heterocycles. The zero-order valence-corrected chi connectivity index (χ0v) is 19.3. The first kappa shape index (κ1) is 23.0. The van der Waals surface area contributed by atoms with Gasteiger partial charge in [-0.1, -0.05) is 25.0 Å². The maximum atomic E-state index is 14.6. The molecule has 182 valence electrons. The van der Waals surface area contributed by atoms with E-state index in [4.69, 9.17) is 4.74 Å². The van der Waals surface area contributed by atoms with Gasteiger partial charge in [-0.25, -0.2) is 9.49 Å². The second-order valence-corrected chi connectivity index (χ2v) is 9.17. The standard InChI is InChI=1S/C26H27FN4O4/c27-22-10-9-18(35-25-20-8-4-3-7-19(20)24(33)28-29-25)16-21(22)26(34)31-13-11-30(12-14-31)23(32)15-17-5-1-2-6-17/h3-4,7-10,16-17H,1-2,5-6,11-15H2,(H,28,33). The third-order valence-corrected chi connectivity index (χ3v) is 6.90. The topological polar surface area (TPSA) is 95.6 Å². The number of piperazine rings is 1. The van der Waals surface area contributed by atoms with E-state index in [1.807, 2.05) is 4.90 Å². The van der Waals surface area contributed by atoms with Crippen LogP contribution in [0.25, 0.3) is 10.8 Å². The van der Waals surface area contributed by atoms with E-state index < -0.39 is 11.7 Å². The van der Waals surface area contributed by atoms with Crippen LogP contribution in [-0.2, 0) is 4.79 Å². The summed E-state index contributed by atoms with van der Waals surface area (Å²) in [4.78, 5) is 41.1. The van der Waals surface area contributed by atoms with Crippen LogP contribution in [-0.4, -0.2) is 58.0 Å². The Bertz CT molecular complexity index is 1310. The summed E-state index contributed by atoms with van der Waals surface area (Å²) in [6, 6.07) is 10.8. The molecule has 5 rings (SSSR count). The van der Waals surface area contributed by atoms with Crippen LogP contribution in [0.15, 0.2) is 47.3 Å². The highest BCUT2D eigenvalue weighted by molar-refractivity contribution is 5.95. The summed E-state index contributed by atoms with van der Waals surface area (Å²) >= 11 is 0. The Morgan fingerprint density at radius 3 is 2.43 bits per heavy atom. The number of aromatic amines is 1. The molecule has 2 aliphatic rings. The highest BCUT2D eigenvalue weighted by Gasteiger charge is 2.28. The number of carbonyl (C=O) groups is 2. The van der Waals surface area contributed by atoms with Crippen LogP contribution in [0.4, 0.5) is 4.39 Å². The molecule has 1 saturated carbocycles. The number of amides is 2. The number of hydrogen-bond donors (Lipinski definition) is 1. The summed E-state index contributed by atoms with van der Waals surface area (Å²) in [6.45, 7) is 1.60. The van der Waals surface area contributed by atoms with Gasteiger partial charge in [0.15, 0.2) is 0 Å². The second-order valence-electron chi connectivity index (χ2n) is 9.17. The van der Waals surface area contributed by atoms with Crippen LogP contribution in [0.1, 0.15) is 42.5 Å². The molecule has 0 bridgehead atoms. The summed E-state index contributed by atoms with van der Waals surface area (Å²) in [5, 5.41) is 7.27. The van der Waals surface area contributed by atoms with Crippen molar-refractivity contribution in [2.45, 2.75) is 32.1 Å². The first-order chi connectivity index (χ1) is 17.0. The Morgan fingerprint density at radius 1 is 1.00 bits per heavy atom. The Morgan fingerprint density at radius 2 is 1.69 bits per heavy atom. The number of nitrogens with zero attached hydrogens (tertiary/aromatic N) is 3. The van der Waals surface area contributed by atoms with Gasteiger partial charge >= 0.3 is 0 Å². The fraction of sp³-hybridized carbons (Fsp3) is 0.385. The van der Waals surface area contributed by atoms with Gasteiger partial charge in [-0.15, -0.1) is 5.10 Å². The molecule has 2 aromatic carbocycles. The van der Waals surface area contributed by atoms with Crippen LogP contribution in [0.3, 0.4) is 0 Å². The molecule has 2 amide bonds. The Labute approximate surface area is 201 Å². The number of aromatic nitrogens is 2. The highest BCUT2D eigenvalue weighted by Crippen LogP contribution is 2.29. The van der Waals surface area contributed by atoms with Crippen LogP contribution in [0.2, 0.25) is 0 Å². The molecule has 3 aromatic rings. The zero-order valence-electron chi connectivity index (χ0n) is 19.3. The molecule has 1 N–H and O–H groups in total. The number of ether oxygens (including phenoxy) is 1. The van der Waals surface area contributed by atoms with Crippen molar-refractivity contribution in [2.24, 2.45) is 5.92 Å². The lowest BCUT2D eigenvalue weighted by Gasteiger charge is -2.35. The molecule has 9 heteroatoms. The minimum absolute atomic E-state index is 0.109. The number of H-pyrrole nitrogens is 1. The fourth-order valence-electron chi connectivity index (χ4n) is 4.93. The molecule has 1 aliphatic heterocycles. The molecule has 0 unspecified atom stereocenters. The lowest BCUT2D eigenvalue weighted by atomic mass is 10.0. The van der Waals surface area contributed by atoms with Gasteiger partial charge in [-0.05, 0) is 49.1 Å². The molecule has 2 fully saturated rings. The van der Waals surface area contributed by atoms with Crippen LogP contribution < -0.4 is 10.3 Å². The average molecular weight is 479 g/mol. The van der Waals surface area contributed by atoms with Crippen molar-refractivity contribution >= 4 is 22.6 Å². The number of hydrogen-bond acceptors (Lipinski definition) is 5. The van der Waals surface area contributed by atoms with Crippen molar-refractivity contribution in [1.82, 2.24) is 20.0 Å². The molecule has 1 aromatic heterocycles. The summed E-state index contributed by atoms with van der Waals surface area (Å²) in [6.07, 6.45) is 5.21. The van der Waals surface area contributed by atoms with E-state index in [-0.39, 0.29) is 28.7 Å². The monoisotopic (exact) mass is 478 g/mol. The maximum Gasteiger partial charge on any atom is 0.272 e. The SMILES string of the molecule is O=C(CC1CCCC1)N1CCN(C(=O)c2cc(Oc3n[nH]c(=O)c4ccccc34)ccc2F)CC1. The Hall–Kier alpha value is -3.75. The fourth-order valence-corrected chi connectivity index (χ4v) is 4.93. The number of nitrogens with one attached hydrogen (secondary N) is 1. The van der Waals surface area contributed by atoms with Crippen molar-refractivity contribution in [2.75, 3.05) is 26.2 Å². The molecule has 0 spiro atoms. The van der Waals surface area contributed by atoms with Crippen LogP contribution in [0.5, 0.6) is 11.6 Å². The van der Waals surface area contributed by atoms with E-state index in [9.17, 15) is 18.8 Å². The summed E-state index contributed by atoms with van der Waals surface area (Å²) in [5.41, 5.74) is -0.453. The molecule has 0 atom stereocenters. The largest absolute Gasteiger partial charge is 0.437 e. The van der Waals surface area contributed by atoms with Crippen molar-refractivity contribution in [3.63, 3.8) is 0 Å². The number of rotatable bonds is 5. The third kappa shape index (κ3) is 4.89. The van der Waals surface area contributed by atoms with Gasteiger partial charge in [0.2, 0.25) is 11.8 Å². The molecule has 1 aliphatic carbocycles. The van der Waals surface area contributed by atoms with Crippen LogP contribution >= 0.6 is 0 Å². The van der Waals surface area contributed by atoms with E-state index in [1.54, 1.807) is 29.2 Å². The first-order valence-corrected chi connectivity index (χ1v) is 12.0. The molecule has 8 nitrogen and oxygen atoms in total. The average Bonchev–Trinajstić information content (AvgIpc) is 3.40. The normalized spacial score (nSPS) is 16.6. The summed E-state index contributed by atoms with van der Waals surface area (Å²) < 4.78 is 20.4. The van der Waals surface area contributed by atoms with E-state index >= 15 is 0 Å². The third-order valence-electron chi connectivity index (χ3n) is 6.90. The maximum absolute atomic E-state index is 14.6. The van der Waals surface area contributed by atoms with Crippen molar-refractivity contribution in [3.8, 4) is 11.6 Å². The van der Waals surface area contributed by atoms with E-state index in [0.717, 1.165) is 12.8 Å². The van der Waals surface area contributed by atoms with Gasteiger partial charge in [0.25, 0.3) is 11.5 Å². The lowest BCUT2D eigenvalue weighted by molar-refractivity contribution is -0.133. The minimum atomic E-state index is -0.652. The molecule has 2 heterocycles. The van der Waals surface area contributed by atoms with Gasteiger partial charge in [0, 0.05) is 32.6 Å². The quantitative estimate of drug-likeness (QED) is 0.603. The lowest BCUT2D eigenvalue weighted by Crippen LogP contribution is -2.51. The summed E-state index contributed by atoms with van der Waals surface area (Å²) in [7, 11) is 0. The highest BCUT2D eigenvalue weighted by atomic mass is 19.1. The van der Waals surface area contributed by atoms with Crippen LogP contribution in [0, 0.1) is 11.7 Å². The number of carbonyl (C=O) groups excluding carboxylic acids is 2. The van der Waals surface area contributed by atoms with Crippen molar-refractivity contribution < 1.29 is 18.7 Å². The second kappa shape index (κ2) is 9.85. The molecule has 35 heavy (non-hydrogen) atoms. The zero-order chi connectivity index (χ0) is 24.4. The van der Waals surface area contributed by atoms with Gasteiger partial charge < -0.3 is 14.5 Å². The minimum Gasteiger partial charge on any atom is -0.437 e.